The third kappa shape index (κ3) is 5.17. The Labute approximate surface area is 161 Å². The van der Waals surface area contributed by atoms with Gasteiger partial charge in [-0.1, -0.05) is 22.0 Å². The van der Waals surface area contributed by atoms with Crippen LogP contribution in [0.2, 0.25) is 0 Å². The predicted octanol–water partition coefficient (Wildman–Crippen LogP) is 3.27. The van der Waals surface area contributed by atoms with Crippen molar-refractivity contribution in [3.05, 3.63) is 65.7 Å². The number of nitrogens with one attached hydrogen (secondary N) is 1. The van der Waals surface area contributed by atoms with E-state index in [2.05, 4.69) is 27.8 Å². The number of methoxy groups -OCH3 is 1. The second-order valence-electron chi connectivity index (χ2n) is 5.32. The molecule has 2 aromatic carbocycles. The normalized spacial score (nSPS) is 11.2. The molecule has 0 saturated heterocycles. The zero-order chi connectivity index (χ0) is 19.2. The van der Waals surface area contributed by atoms with Crippen LogP contribution in [0.1, 0.15) is 0 Å². The number of benzene rings is 2. The van der Waals surface area contributed by atoms with Crippen molar-refractivity contribution in [1.82, 2.24) is 4.31 Å². The Bertz CT molecular complexity index is 865. The highest BCUT2D eigenvalue weighted by atomic mass is 79.9. The molecule has 26 heavy (non-hydrogen) atoms. The van der Waals surface area contributed by atoms with Gasteiger partial charge in [-0.05, 0) is 48.5 Å². The van der Waals surface area contributed by atoms with Crippen molar-refractivity contribution in [3.63, 3.8) is 0 Å². The Balaban J connectivity index is 2.16. The molecule has 0 aromatic heterocycles. The number of rotatable bonds is 8. The topological polar surface area (TPSA) is 75.7 Å². The van der Waals surface area contributed by atoms with Gasteiger partial charge in [-0.3, -0.25) is 4.79 Å². The predicted molar refractivity (Wildman–Crippen MR) is 105 cm³/mol. The Morgan fingerprint density at radius 2 is 1.81 bits per heavy atom. The van der Waals surface area contributed by atoms with Crippen molar-refractivity contribution < 1.29 is 17.9 Å². The van der Waals surface area contributed by atoms with Gasteiger partial charge in [-0.25, -0.2) is 8.42 Å². The van der Waals surface area contributed by atoms with Gasteiger partial charge in [0.2, 0.25) is 15.9 Å². The first-order chi connectivity index (χ1) is 12.4. The number of sulfonamides is 1. The van der Waals surface area contributed by atoms with E-state index in [1.807, 2.05) is 0 Å². The van der Waals surface area contributed by atoms with E-state index in [0.29, 0.717) is 11.4 Å². The minimum absolute atomic E-state index is 0.0160. The number of hydrogen-bond acceptors (Lipinski definition) is 4. The quantitative estimate of drug-likeness (QED) is 0.641. The summed E-state index contributed by atoms with van der Waals surface area (Å²) in [6.45, 7) is 3.27. The maximum absolute atomic E-state index is 12.8. The molecule has 1 N–H and O–H groups in total. The SMILES string of the molecule is C=CCN(CC(=O)Nc1ccc(Br)cc1)S(=O)(=O)c1ccc(OC)cc1. The fourth-order valence-electron chi connectivity index (χ4n) is 2.18. The molecule has 0 aliphatic carbocycles. The van der Waals surface area contributed by atoms with Crippen molar-refractivity contribution in [2.24, 2.45) is 0 Å². The van der Waals surface area contributed by atoms with Gasteiger partial charge in [-0.2, -0.15) is 4.31 Å². The largest absolute Gasteiger partial charge is 0.497 e. The van der Waals surface area contributed by atoms with Crippen molar-refractivity contribution in [2.45, 2.75) is 4.90 Å². The third-order valence-electron chi connectivity index (χ3n) is 3.48. The van der Waals surface area contributed by atoms with Crippen LogP contribution in [-0.2, 0) is 14.8 Å². The lowest BCUT2D eigenvalue weighted by Gasteiger charge is -2.20. The molecule has 8 heteroatoms. The summed E-state index contributed by atoms with van der Waals surface area (Å²) >= 11 is 3.31. The van der Waals surface area contributed by atoms with Gasteiger partial charge in [0.1, 0.15) is 5.75 Å². The van der Waals surface area contributed by atoms with Crippen molar-refractivity contribution in [2.75, 3.05) is 25.5 Å². The second-order valence-corrected chi connectivity index (χ2v) is 8.17. The fourth-order valence-corrected chi connectivity index (χ4v) is 3.81. The molecule has 0 atom stereocenters. The first kappa shape index (κ1) is 20.2. The first-order valence-corrected chi connectivity index (χ1v) is 9.90. The number of hydrogen-bond donors (Lipinski definition) is 1. The second kappa shape index (κ2) is 8.98. The Hall–Kier alpha value is -2.16. The molecule has 0 heterocycles. The molecule has 1 amide bonds. The van der Waals surface area contributed by atoms with Crippen molar-refractivity contribution in [3.8, 4) is 5.75 Å². The molecular weight excluding hydrogens is 420 g/mol. The lowest BCUT2D eigenvalue weighted by Crippen LogP contribution is -2.38. The van der Waals surface area contributed by atoms with E-state index in [1.165, 1.54) is 25.3 Å². The minimum atomic E-state index is -3.84. The van der Waals surface area contributed by atoms with Gasteiger partial charge < -0.3 is 10.1 Å². The Kier molecular flexibility index (Phi) is 6.96. The van der Waals surface area contributed by atoms with Crippen molar-refractivity contribution >= 4 is 37.5 Å². The number of carbonyl (C=O) groups excluding carboxylic acids is 1. The van der Waals surface area contributed by atoms with Gasteiger partial charge in [0.15, 0.2) is 0 Å². The number of carbonyl (C=O) groups is 1. The van der Waals surface area contributed by atoms with Crippen LogP contribution in [0.5, 0.6) is 5.75 Å². The smallest absolute Gasteiger partial charge is 0.243 e. The summed E-state index contributed by atoms with van der Waals surface area (Å²) in [4.78, 5) is 12.4. The maximum Gasteiger partial charge on any atom is 0.243 e. The van der Waals surface area contributed by atoms with E-state index in [-0.39, 0.29) is 18.0 Å². The van der Waals surface area contributed by atoms with Crippen LogP contribution in [0.15, 0.2) is 70.6 Å². The molecule has 2 aromatic rings. The highest BCUT2D eigenvalue weighted by molar-refractivity contribution is 9.10. The third-order valence-corrected chi connectivity index (χ3v) is 5.83. The van der Waals surface area contributed by atoms with Crippen LogP contribution in [0.3, 0.4) is 0 Å². The summed E-state index contributed by atoms with van der Waals surface area (Å²) in [5.41, 5.74) is 0.582. The highest BCUT2D eigenvalue weighted by Gasteiger charge is 2.25. The molecule has 0 radical (unpaired) electrons. The standard InChI is InChI=1S/C18H19BrN2O4S/c1-3-12-21(13-18(22)20-15-6-4-14(19)5-7-15)26(23,24)17-10-8-16(25-2)9-11-17/h3-11H,1,12-13H2,2H3,(H,20,22). The Morgan fingerprint density at radius 3 is 2.35 bits per heavy atom. The lowest BCUT2D eigenvalue weighted by molar-refractivity contribution is -0.116. The van der Waals surface area contributed by atoms with E-state index >= 15 is 0 Å². The zero-order valence-electron chi connectivity index (χ0n) is 14.2. The number of anilines is 1. The number of nitrogens with zero attached hydrogens (tertiary/aromatic N) is 1. The highest BCUT2D eigenvalue weighted by Crippen LogP contribution is 2.20. The molecule has 0 bridgehead atoms. The molecular formula is C18H19BrN2O4S. The van der Waals surface area contributed by atoms with E-state index in [0.717, 1.165) is 8.78 Å². The number of amides is 1. The summed E-state index contributed by atoms with van der Waals surface area (Å²) in [6.07, 6.45) is 1.44. The lowest BCUT2D eigenvalue weighted by atomic mass is 10.3. The van der Waals surface area contributed by atoms with Crippen LogP contribution in [0, 0.1) is 0 Å². The van der Waals surface area contributed by atoms with E-state index in [1.54, 1.807) is 36.4 Å². The number of halogens is 1. The summed E-state index contributed by atoms with van der Waals surface area (Å²) in [5.74, 6) is 0.110. The van der Waals surface area contributed by atoms with E-state index in [9.17, 15) is 13.2 Å². The first-order valence-electron chi connectivity index (χ1n) is 7.67. The molecule has 0 unspecified atom stereocenters. The van der Waals surface area contributed by atoms with Crippen molar-refractivity contribution in [1.29, 1.82) is 0 Å². The van der Waals surface area contributed by atoms with Crippen LogP contribution in [-0.4, -0.2) is 38.8 Å². The molecule has 0 spiro atoms. The minimum Gasteiger partial charge on any atom is -0.497 e. The maximum atomic E-state index is 12.8. The molecule has 138 valence electrons. The van der Waals surface area contributed by atoms with Gasteiger partial charge in [-0.15, -0.1) is 6.58 Å². The van der Waals surface area contributed by atoms with Crippen LogP contribution in [0.25, 0.3) is 0 Å². The summed E-state index contributed by atoms with van der Waals surface area (Å²) in [6, 6.07) is 13.0. The summed E-state index contributed by atoms with van der Waals surface area (Å²) in [7, 11) is -2.34. The molecule has 0 aliphatic heterocycles. The van der Waals surface area contributed by atoms with Crippen LogP contribution >= 0.6 is 15.9 Å². The van der Waals surface area contributed by atoms with E-state index in [4.69, 9.17) is 4.74 Å². The molecule has 0 fully saturated rings. The molecule has 0 saturated carbocycles. The molecule has 0 aliphatic rings. The number of ether oxygens (including phenoxy) is 1. The monoisotopic (exact) mass is 438 g/mol. The van der Waals surface area contributed by atoms with Gasteiger partial charge in [0.25, 0.3) is 0 Å². The van der Waals surface area contributed by atoms with Crippen LogP contribution < -0.4 is 10.1 Å². The fraction of sp³-hybridized carbons (Fsp3) is 0.167. The average molecular weight is 439 g/mol. The van der Waals surface area contributed by atoms with Gasteiger partial charge >= 0.3 is 0 Å². The summed E-state index contributed by atoms with van der Waals surface area (Å²) in [5, 5.41) is 2.68. The summed E-state index contributed by atoms with van der Waals surface area (Å²) < 4.78 is 32.6. The molecule has 2 rings (SSSR count). The van der Waals surface area contributed by atoms with Gasteiger partial charge in [0.05, 0.1) is 18.6 Å². The Morgan fingerprint density at radius 1 is 1.19 bits per heavy atom. The molecule has 6 nitrogen and oxygen atoms in total. The van der Waals surface area contributed by atoms with E-state index < -0.39 is 15.9 Å². The van der Waals surface area contributed by atoms with Gasteiger partial charge in [0, 0.05) is 16.7 Å². The average Bonchev–Trinajstić information content (AvgIpc) is 2.63. The zero-order valence-corrected chi connectivity index (χ0v) is 16.6. The van der Waals surface area contributed by atoms with Crippen LogP contribution in [0.4, 0.5) is 5.69 Å².